The maximum absolute atomic E-state index is 13.2. The number of fused-ring (bicyclic) bond motifs is 3. The molecule has 0 aliphatic heterocycles. The average molecular weight is 323 g/mol. The molecule has 3 heterocycles. The molecule has 24 heavy (non-hydrogen) atoms. The molecule has 0 unspecified atom stereocenters. The summed E-state index contributed by atoms with van der Waals surface area (Å²) in [5, 5.41) is 12.8. The number of rotatable bonds is 2. The molecule has 4 rings (SSSR count). The summed E-state index contributed by atoms with van der Waals surface area (Å²) in [7, 11) is 0. The van der Waals surface area contributed by atoms with Crippen molar-refractivity contribution >= 4 is 16.7 Å². The van der Waals surface area contributed by atoms with Crippen LogP contribution >= 0.6 is 0 Å². The largest absolute Gasteiger partial charge is 0.314 e. The molecule has 0 amide bonds. The molecule has 4 aromatic rings. The van der Waals surface area contributed by atoms with Crippen LogP contribution < -0.4 is 5.56 Å². The highest BCUT2D eigenvalue weighted by Crippen LogP contribution is 2.28. The molecule has 0 saturated heterocycles. The summed E-state index contributed by atoms with van der Waals surface area (Å²) in [6, 6.07) is 7.96. The van der Waals surface area contributed by atoms with E-state index in [1.807, 2.05) is 19.9 Å². The Labute approximate surface area is 136 Å². The molecule has 0 aliphatic rings. The smallest absolute Gasteiger partial charge is 0.280 e. The van der Waals surface area contributed by atoms with E-state index in [0.717, 1.165) is 16.8 Å². The van der Waals surface area contributed by atoms with Crippen LogP contribution in [0.25, 0.3) is 27.8 Å². The second-order valence-electron chi connectivity index (χ2n) is 5.54. The fourth-order valence-electron chi connectivity index (χ4n) is 2.89. The standard InChI is InChI=1S/C17H14FN5O/c1-3-22-9-8-13-15(17(22)24)19-20-16-14(10(2)21-23(13)16)11-4-6-12(18)7-5-11/h4-9H,3H2,1-2H3. The van der Waals surface area contributed by atoms with Crippen LogP contribution in [0.5, 0.6) is 0 Å². The lowest BCUT2D eigenvalue weighted by molar-refractivity contribution is 0.628. The highest BCUT2D eigenvalue weighted by atomic mass is 19.1. The summed E-state index contributed by atoms with van der Waals surface area (Å²) < 4.78 is 16.4. The Balaban J connectivity index is 2.06. The van der Waals surface area contributed by atoms with Gasteiger partial charge in [0, 0.05) is 12.7 Å². The highest BCUT2D eigenvalue weighted by molar-refractivity contribution is 5.84. The van der Waals surface area contributed by atoms with Gasteiger partial charge in [-0.2, -0.15) is 5.10 Å². The van der Waals surface area contributed by atoms with Gasteiger partial charge in [-0.05, 0) is 37.6 Å². The van der Waals surface area contributed by atoms with Gasteiger partial charge in [0.15, 0.2) is 11.2 Å². The molecule has 0 fully saturated rings. The van der Waals surface area contributed by atoms with Crippen LogP contribution in [0.3, 0.4) is 0 Å². The Bertz CT molecular complexity index is 1130. The lowest BCUT2D eigenvalue weighted by Crippen LogP contribution is -2.20. The Morgan fingerprint density at radius 1 is 1.12 bits per heavy atom. The number of aryl methyl sites for hydroxylation is 2. The molecule has 1 aromatic carbocycles. The van der Waals surface area contributed by atoms with Crippen LogP contribution in [0.15, 0.2) is 41.3 Å². The van der Waals surface area contributed by atoms with Crippen molar-refractivity contribution < 1.29 is 4.39 Å². The second kappa shape index (κ2) is 5.23. The first-order valence-electron chi connectivity index (χ1n) is 7.61. The average Bonchev–Trinajstić information content (AvgIpc) is 2.92. The van der Waals surface area contributed by atoms with E-state index < -0.39 is 0 Å². The first-order chi connectivity index (χ1) is 11.6. The van der Waals surface area contributed by atoms with Gasteiger partial charge in [0.2, 0.25) is 0 Å². The summed E-state index contributed by atoms with van der Waals surface area (Å²) in [5.41, 5.74) is 3.55. The number of halogens is 1. The number of pyridine rings is 1. The molecule has 0 atom stereocenters. The number of aromatic nitrogens is 5. The third kappa shape index (κ3) is 2.01. The van der Waals surface area contributed by atoms with Gasteiger partial charge in [0.25, 0.3) is 5.56 Å². The van der Waals surface area contributed by atoms with Crippen molar-refractivity contribution in [3.8, 4) is 11.1 Å². The molecular weight excluding hydrogens is 309 g/mol. The Morgan fingerprint density at radius 3 is 2.58 bits per heavy atom. The zero-order valence-corrected chi connectivity index (χ0v) is 13.2. The minimum absolute atomic E-state index is 0.194. The quantitative estimate of drug-likeness (QED) is 0.569. The number of nitrogens with zero attached hydrogens (tertiary/aromatic N) is 5. The van der Waals surface area contributed by atoms with Crippen LogP contribution in [-0.2, 0) is 6.54 Å². The van der Waals surface area contributed by atoms with Gasteiger partial charge in [-0.3, -0.25) is 4.79 Å². The predicted octanol–water partition coefficient (Wildman–Crippen LogP) is 2.57. The summed E-state index contributed by atoms with van der Waals surface area (Å²) in [5.74, 6) is -0.301. The summed E-state index contributed by atoms with van der Waals surface area (Å²) >= 11 is 0. The van der Waals surface area contributed by atoms with Gasteiger partial charge < -0.3 is 4.57 Å². The second-order valence-corrected chi connectivity index (χ2v) is 5.54. The first-order valence-corrected chi connectivity index (χ1v) is 7.61. The van der Waals surface area contributed by atoms with Crippen LogP contribution in [0, 0.1) is 12.7 Å². The van der Waals surface area contributed by atoms with E-state index in [0.29, 0.717) is 17.7 Å². The van der Waals surface area contributed by atoms with Crippen LogP contribution in [0.4, 0.5) is 4.39 Å². The maximum Gasteiger partial charge on any atom is 0.280 e. The fraction of sp³-hybridized carbons (Fsp3) is 0.176. The van der Waals surface area contributed by atoms with E-state index >= 15 is 0 Å². The summed E-state index contributed by atoms with van der Waals surface area (Å²) in [4.78, 5) is 12.4. The van der Waals surface area contributed by atoms with Crippen LogP contribution in [0.1, 0.15) is 12.6 Å². The van der Waals surface area contributed by atoms with Crippen molar-refractivity contribution in [3.63, 3.8) is 0 Å². The SMILES string of the molecule is CCn1ccc2c(nnc3c(-c4ccc(F)cc4)c(C)nn32)c1=O. The first kappa shape index (κ1) is 14.5. The van der Waals surface area contributed by atoms with E-state index in [2.05, 4.69) is 15.3 Å². The van der Waals surface area contributed by atoms with Crippen molar-refractivity contribution in [2.75, 3.05) is 0 Å². The number of hydrogen-bond acceptors (Lipinski definition) is 4. The van der Waals surface area contributed by atoms with Crippen molar-refractivity contribution in [3.05, 3.63) is 58.4 Å². The third-order valence-corrected chi connectivity index (χ3v) is 4.10. The molecule has 7 heteroatoms. The molecule has 0 saturated carbocycles. The summed E-state index contributed by atoms with van der Waals surface area (Å²) in [6.07, 6.45) is 1.72. The zero-order valence-electron chi connectivity index (χ0n) is 13.2. The van der Waals surface area contributed by atoms with E-state index in [-0.39, 0.29) is 16.9 Å². The van der Waals surface area contributed by atoms with Gasteiger partial charge >= 0.3 is 0 Å². The van der Waals surface area contributed by atoms with Gasteiger partial charge in [0.05, 0.1) is 11.3 Å². The Morgan fingerprint density at radius 2 is 1.88 bits per heavy atom. The molecule has 0 spiro atoms. The number of hydrogen-bond donors (Lipinski definition) is 0. The molecule has 0 radical (unpaired) electrons. The lowest BCUT2D eigenvalue weighted by Gasteiger charge is -2.04. The van der Waals surface area contributed by atoms with Gasteiger partial charge in [0.1, 0.15) is 11.3 Å². The third-order valence-electron chi connectivity index (χ3n) is 4.10. The Hall–Kier alpha value is -3.09. The highest BCUT2D eigenvalue weighted by Gasteiger charge is 2.17. The van der Waals surface area contributed by atoms with Crippen molar-refractivity contribution in [2.24, 2.45) is 0 Å². The lowest BCUT2D eigenvalue weighted by atomic mass is 10.1. The van der Waals surface area contributed by atoms with Gasteiger partial charge in [-0.25, -0.2) is 8.91 Å². The van der Waals surface area contributed by atoms with Crippen LogP contribution in [-0.4, -0.2) is 24.4 Å². The predicted molar refractivity (Wildman–Crippen MR) is 88.4 cm³/mol. The van der Waals surface area contributed by atoms with E-state index in [1.165, 1.54) is 12.1 Å². The fourth-order valence-corrected chi connectivity index (χ4v) is 2.89. The van der Waals surface area contributed by atoms with Crippen molar-refractivity contribution in [1.82, 2.24) is 24.4 Å². The Kier molecular flexibility index (Phi) is 3.16. The number of benzene rings is 1. The molecule has 0 aliphatic carbocycles. The summed E-state index contributed by atoms with van der Waals surface area (Å²) in [6.45, 7) is 4.31. The van der Waals surface area contributed by atoms with Gasteiger partial charge in [-0.15, -0.1) is 10.2 Å². The monoisotopic (exact) mass is 323 g/mol. The molecule has 0 N–H and O–H groups in total. The van der Waals surface area contributed by atoms with Crippen molar-refractivity contribution in [2.45, 2.75) is 20.4 Å². The minimum Gasteiger partial charge on any atom is -0.314 e. The molecule has 0 bridgehead atoms. The van der Waals surface area contributed by atoms with E-state index in [4.69, 9.17) is 0 Å². The zero-order chi connectivity index (χ0) is 16.8. The van der Waals surface area contributed by atoms with Crippen LogP contribution in [0.2, 0.25) is 0 Å². The van der Waals surface area contributed by atoms with E-state index in [9.17, 15) is 9.18 Å². The molecule has 3 aromatic heterocycles. The molecule has 6 nitrogen and oxygen atoms in total. The maximum atomic E-state index is 13.2. The normalized spacial score (nSPS) is 11.5. The van der Waals surface area contributed by atoms with Gasteiger partial charge in [-0.1, -0.05) is 12.1 Å². The molecule has 120 valence electrons. The minimum atomic E-state index is -0.301. The van der Waals surface area contributed by atoms with E-state index in [1.54, 1.807) is 27.4 Å². The molecular formula is C17H14FN5O. The van der Waals surface area contributed by atoms with Crippen molar-refractivity contribution in [1.29, 1.82) is 0 Å². The topological polar surface area (TPSA) is 65.1 Å².